The normalized spacial score (nSPS) is 21.5. The third-order valence-electron chi connectivity index (χ3n) is 4.99. The van der Waals surface area contributed by atoms with Crippen molar-refractivity contribution in [2.24, 2.45) is 5.92 Å². The lowest BCUT2D eigenvalue weighted by Gasteiger charge is -2.37. The highest BCUT2D eigenvalue weighted by Gasteiger charge is 2.28. The SMILES string of the molecule is Cc1ccccc1CN1CCN(C(=O)C2CCCNC2)CC1.Cl.Cl. The molecule has 1 N–H and O–H groups in total. The zero-order chi connectivity index (χ0) is 15.4. The minimum Gasteiger partial charge on any atom is -0.340 e. The van der Waals surface area contributed by atoms with Gasteiger partial charge in [-0.3, -0.25) is 9.69 Å². The third-order valence-corrected chi connectivity index (χ3v) is 4.99. The number of halogens is 2. The van der Waals surface area contributed by atoms with Gasteiger partial charge in [0.25, 0.3) is 0 Å². The number of hydrogen-bond donors (Lipinski definition) is 1. The predicted molar refractivity (Wildman–Crippen MR) is 103 cm³/mol. The second kappa shape index (κ2) is 10.2. The van der Waals surface area contributed by atoms with Crippen LogP contribution in [0.3, 0.4) is 0 Å². The van der Waals surface area contributed by atoms with Gasteiger partial charge < -0.3 is 10.2 Å². The molecular weight excluding hydrogens is 345 g/mol. The van der Waals surface area contributed by atoms with Crippen LogP contribution in [0.15, 0.2) is 24.3 Å². The molecule has 0 saturated carbocycles. The first-order valence-corrected chi connectivity index (χ1v) is 8.50. The average molecular weight is 374 g/mol. The van der Waals surface area contributed by atoms with Crippen LogP contribution in [-0.4, -0.2) is 55.0 Å². The Kier molecular flexibility index (Phi) is 9.06. The van der Waals surface area contributed by atoms with Crippen molar-refractivity contribution < 1.29 is 4.79 Å². The van der Waals surface area contributed by atoms with E-state index in [-0.39, 0.29) is 30.7 Å². The van der Waals surface area contributed by atoms with Crippen LogP contribution in [0.5, 0.6) is 0 Å². The Morgan fingerprint density at radius 3 is 2.50 bits per heavy atom. The smallest absolute Gasteiger partial charge is 0.227 e. The lowest BCUT2D eigenvalue weighted by molar-refractivity contribution is -0.137. The molecule has 0 spiro atoms. The summed E-state index contributed by atoms with van der Waals surface area (Å²) in [6.45, 7) is 8.82. The lowest BCUT2D eigenvalue weighted by atomic mass is 9.98. The number of carbonyl (C=O) groups is 1. The second-order valence-electron chi connectivity index (χ2n) is 6.57. The summed E-state index contributed by atoms with van der Waals surface area (Å²) >= 11 is 0. The molecule has 3 rings (SSSR count). The van der Waals surface area contributed by atoms with Crippen molar-refractivity contribution in [3.63, 3.8) is 0 Å². The number of benzene rings is 1. The molecule has 4 nitrogen and oxygen atoms in total. The number of hydrogen-bond acceptors (Lipinski definition) is 3. The summed E-state index contributed by atoms with van der Waals surface area (Å²) in [4.78, 5) is 17.1. The molecule has 1 atom stereocenters. The van der Waals surface area contributed by atoms with Crippen LogP contribution in [0.25, 0.3) is 0 Å². The lowest BCUT2D eigenvalue weighted by Crippen LogP contribution is -2.51. The van der Waals surface area contributed by atoms with Gasteiger partial charge in [-0.2, -0.15) is 0 Å². The fourth-order valence-corrected chi connectivity index (χ4v) is 3.48. The fourth-order valence-electron chi connectivity index (χ4n) is 3.48. The van der Waals surface area contributed by atoms with Crippen LogP contribution in [-0.2, 0) is 11.3 Å². The van der Waals surface area contributed by atoms with Crippen LogP contribution in [0.1, 0.15) is 24.0 Å². The van der Waals surface area contributed by atoms with E-state index in [0.29, 0.717) is 5.91 Å². The van der Waals surface area contributed by atoms with Crippen LogP contribution in [0.2, 0.25) is 0 Å². The van der Waals surface area contributed by atoms with Crippen LogP contribution < -0.4 is 5.32 Å². The molecule has 0 radical (unpaired) electrons. The largest absolute Gasteiger partial charge is 0.340 e. The highest BCUT2D eigenvalue weighted by Crippen LogP contribution is 2.17. The van der Waals surface area contributed by atoms with Gasteiger partial charge in [0.1, 0.15) is 0 Å². The zero-order valence-electron chi connectivity index (χ0n) is 14.4. The van der Waals surface area contributed by atoms with E-state index in [2.05, 4.69) is 46.3 Å². The standard InChI is InChI=1S/C18H27N3O.2ClH/c1-15-5-2-3-6-17(15)14-20-9-11-21(12-10-20)18(22)16-7-4-8-19-13-16;;/h2-3,5-6,16,19H,4,7-14H2,1H3;2*1H. The van der Waals surface area contributed by atoms with Crippen LogP contribution in [0, 0.1) is 12.8 Å². The molecule has 136 valence electrons. The van der Waals surface area contributed by atoms with E-state index in [1.165, 1.54) is 11.1 Å². The summed E-state index contributed by atoms with van der Waals surface area (Å²) < 4.78 is 0. The van der Waals surface area contributed by atoms with E-state index in [1.54, 1.807) is 0 Å². The molecule has 2 aliphatic heterocycles. The Labute approximate surface area is 157 Å². The summed E-state index contributed by atoms with van der Waals surface area (Å²) in [6, 6.07) is 8.58. The van der Waals surface area contributed by atoms with Crippen molar-refractivity contribution in [2.45, 2.75) is 26.3 Å². The fraction of sp³-hybridized carbons (Fsp3) is 0.611. The molecule has 1 aromatic carbocycles. The van der Waals surface area contributed by atoms with Gasteiger partial charge in [-0.1, -0.05) is 24.3 Å². The minimum absolute atomic E-state index is 0. The molecular formula is C18H29Cl2N3O. The van der Waals surface area contributed by atoms with E-state index >= 15 is 0 Å². The Hall–Kier alpha value is -0.810. The number of nitrogens with zero attached hydrogens (tertiary/aromatic N) is 2. The topological polar surface area (TPSA) is 35.6 Å². The number of piperazine rings is 1. The predicted octanol–water partition coefficient (Wildman–Crippen LogP) is 2.48. The number of nitrogens with one attached hydrogen (secondary N) is 1. The zero-order valence-corrected chi connectivity index (χ0v) is 16.0. The van der Waals surface area contributed by atoms with Gasteiger partial charge in [0, 0.05) is 39.3 Å². The minimum atomic E-state index is 0. The van der Waals surface area contributed by atoms with Crippen LogP contribution >= 0.6 is 24.8 Å². The van der Waals surface area contributed by atoms with E-state index in [4.69, 9.17) is 0 Å². The van der Waals surface area contributed by atoms with Gasteiger partial charge in [0.15, 0.2) is 0 Å². The summed E-state index contributed by atoms with van der Waals surface area (Å²) in [5, 5.41) is 3.34. The second-order valence-corrected chi connectivity index (χ2v) is 6.57. The Bertz CT molecular complexity index is 513. The molecule has 2 saturated heterocycles. The molecule has 2 heterocycles. The molecule has 24 heavy (non-hydrogen) atoms. The van der Waals surface area contributed by atoms with E-state index < -0.39 is 0 Å². The maximum atomic E-state index is 12.5. The quantitative estimate of drug-likeness (QED) is 0.883. The molecule has 1 unspecified atom stereocenters. The molecule has 2 aliphatic rings. The van der Waals surface area contributed by atoms with E-state index in [0.717, 1.165) is 58.7 Å². The van der Waals surface area contributed by atoms with Crippen molar-refractivity contribution in [3.8, 4) is 0 Å². The Morgan fingerprint density at radius 1 is 1.17 bits per heavy atom. The molecule has 2 fully saturated rings. The number of aryl methyl sites for hydroxylation is 1. The van der Waals surface area contributed by atoms with Gasteiger partial charge in [0.2, 0.25) is 5.91 Å². The highest BCUT2D eigenvalue weighted by atomic mass is 35.5. The molecule has 0 aromatic heterocycles. The molecule has 0 bridgehead atoms. The summed E-state index contributed by atoms with van der Waals surface area (Å²) in [7, 11) is 0. The van der Waals surface area contributed by atoms with Crippen molar-refractivity contribution in [1.82, 2.24) is 15.1 Å². The highest BCUT2D eigenvalue weighted by molar-refractivity contribution is 5.85. The van der Waals surface area contributed by atoms with Crippen LogP contribution in [0.4, 0.5) is 0 Å². The first-order chi connectivity index (χ1) is 10.7. The molecule has 1 amide bonds. The third kappa shape index (κ3) is 5.35. The summed E-state index contributed by atoms with van der Waals surface area (Å²) in [6.07, 6.45) is 2.18. The van der Waals surface area contributed by atoms with Gasteiger partial charge in [-0.05, 0) is 37.4 Å². The average Bonchev–Trinajstić information content (AvgIpc) is 2.58. The van der Waals surface area contributed by atoms with Gasteiger partial charge in [-0.15, -0.1) is 24.8 Å². The maximum absolute atomic E-state index is 12.5. The first-order valence-electron chi connectivity index (χ1n) is 8.50. The molecule has 6 heteroatoms. The van der Waals surface area contributed by atoms with Crippen molar-refractivity contribution in [1.29, 1.82) is 0 Å². The molecule has 0 aliphatic carbocycles. The monoisotopic (exact) mass is 373 g/mol. The van der Waals surface area contributed by atoms with Crippen molar-refractivity contribution >= 4 is 30.7 Å². The summed E-state index contributed by atoms with van der Waals surface area (Å²) in [5.41, 5.74) is 2.76. The molecule has 1 aromatic rings. The Balaban J connectivity index is 0.00000144. The number of carbonyl (C=O) groups excluding carboxylic acids is 1. The first kappa shape index (κ1) is 21.2. The van der Waals surface area contributed by atoms with Crippen molar-refractivity contribution in [3.05, 3.63) is 35.4 Å². The van der Waals surface area contributed by atoms with E-state index in [1.807, 2.05) is 0 Å². The number of piperidine rings is 1. The number of rotatable bonds is 3. The van der Waals surface area contributed by atoms with Gasteiger partial charge >= 0.3 is 0 Å². The Morgan fingerprint density at radius 2 is 1.88 bits per heavy atom. The van der Waals surface area contributed by atoms with Gasteiger partial charge in [-0.25, -0.2) is 0 Å². The number of amides is 1. The van der Waals surface area contributed by atoms with Crippen molar-refractivity contribution in [2.75, 3.05) is 39.3 Å². The van der Waals surface area contributed by atoms with Gasteiger partial charge in [0.05, 0.1) is 5.92 Å². The summed E-state index contributed by atoms with van der Waals surface area (Å²) in [5.74, 6) is 0.569. The maximum Gasteiger partial charge on any atom is 0.227 e. The van der Waals surface area contributed by atoms with E-state index in [9.17, 15) is 4.79 Å².